The molecule has 0 unspecified atom stereocenters. The number of sulfone groups is 1. The van der Waals surface area contributed by atoms with Gasteiger partial charge in [-0.2, -0.15) is 0 Å². The van der Waals surface area contributed by atoms with Gasteiger partial charge in [0.05, 0.1) is 23.6 Å². The Morgan fingerprint density at radius 3 is 2.85 bits per heavy atom. The minimum Gasteiger partial charge on any atom is -0.455 e. The van der Waals surface area contributed by atoms with Crippen LogP contribution in [0, 0.1) is 5.92 Å². The van der Waals surface area contributed by atoms with Crippen LogP contribution >= 0.6 is 11.3 Å². The van der Waals surface area contributed by atoms with E-state index >= 15 is 0 Å². The lowest BCUT2D eigenvalue weighted by Crippen LogP contribution is -2.45. The average Bonchev–Trinajstić information content (AvgIpc) is 3.24. The molecule has 3 heterocycles. The number of carbonyl (C=O) groups excluding carboxylic acids is 2. The van der Waals surface area contributed by atoms with Crippen molar-refractivity contribution in [3.05, 3.63) is 23.5 Å². The van der Waals surface area contributed by atoms with E-state index < -0.39 is 15.8 Å². The number of esters is 1. The van der Waals surface area contributed by atoms with Gasteiger partial charge < -0.3 is 9.64 Å². The van der Waals surface area contributed by atoms with Crippen molar-refractivity contribution in [3.63, 3.8) is 0 Å². The summed E-state index contributed by atoms with van der Waals surface area (Å²) < 4.78 is 30.4. The first-order valence-corrected chi connectivity index (χ1v) is 11.5. The standard InChI is InChI=1S/C17H23N3O5S2/c1-12(2)8-20(14-3-6-27(23,24)11-14)15(21)10-25-16(22)7-13-9-19-4-5-26-17(19)18-13/h4-5,9,12,14H,3,6-8,10-11H2,1-2H3/t14-/m0/s1. The molecule has 1 atom stereocenters. The topological polar surface area (TPSA) is 98.0 Å². The van der Waals surface area contributed by atoms with Crippen LogP contribution in [0.25, 0.3) is 4.96 Å². The van der Waals surface area contributed by atoms with E-state index in [0.717, 1.165) is 4.96 Å². The number of aromatic nitrogens is 2. The van der Waals surface area contributed by atoms with Crippen LogP contribution < -0.4 is 0 Å². The quantitative estimate of drug-likeness (QED) is 0.632. The minimum absolute atomic E-state index is 0.0102. The van der Waals surface area contributed by atoms with Crippen molar-refractivity contribution in [1.82, 2.24) is 14.3 Å². The maximum Gasteiger partial charge on any atom is 0.312 e. The van der Waals surface area contributed by atoms with Crippen LogP contribution in [0.1, 0.15) is 26.0 Å². The van der Waals surface area contributed by atoms with Gasteiger partial charge >= 0.3 is 5.97 Å². The summed E-state index contributed by atoms with van der Waals surface area (Å²) in [5, 5.41) is 1.90. The molecular formula is C17H23N3O5S2. The van der Waals surface area contributed by atoms with Gasteiger partial charge in [0.15, 0.2) is 21.4 Å². The van der Waals surface area contributed by atoms with Crippen molar-refractivity contribution >= 4 is 38.0 Å². The third kappa shape index (κ3) is 5.07. The lowest BCUT2D eigenvalue weighted by atomic mass is 10.1. The Morgan fingerprint density at radius 2 is 2.22 bits per heavy atom. The molecule has 8 nitrogen and oxygen atoms in total. The second kappa shape index (κ2) is 7.97. The highest BCUT2D eigenvalue weighted by Crippen LogP contribution is 2.19. The second-order valence-electron chi connectivity index (χ2n) is 7.16. The Kier molecular flexibility index (Phi) is 5.85. The number of fused-ring (bicyclic) bond motifs is 1. The van der Waals surface area contributed by atoms with E-state index in [9.17, 15) is 18.0 Å². The highest BCUT2D eigenvalue weighted by atomic mass is 32.2. The predicted molar refractivity (Wildman–Crippen MR) is 101 cm³/mol. The molecule has 2 aromatic heterocycles. The van der Waals surface area contributed by atoms with E-state index in [1.807, 2.05) is 29.8 Å². The van der Waals surface area contributed by atoms with Crippen molar-refractivity contribution in [1.29, 1.82) is 0 Å². The molecule has 0 saturated carbocycles. The maximum atomic E-state index is 12.6. The van der Waals surface area contributed by atoms with Crippen LogP contribution in [0.4, 0.5) is 0 Å². The summed E-state index contributed by atoms with van der Waals surface area (Å²) in [6, 6.07) is -0.344. The molecular weight excluding hydrogens is 390 g/mol. The Labute approximate surface area is 162 Å². The van der Waals surface area contributed by atoms with Crippen molar-refractivity contribution in [2.75, 3.05) is 24.7 Å². The number of thiazole rings is 1. The van der Waals surface area contributed by atoms with Gasteiger partial charge in [-0.3, -0.25) is 14.0 Å². The highest BCUT2D eigenvalue weighted by Gasteiger charge is 2.35. The summed E-state index contributed by atoms with van der Waals surface area (Å²) in [5.41, 5.74) is 0.584. The van der Waals surface area contributed by atoms with Crippen LogP contribution in [0.15, 0.2) is 17.8 Å². The third-order valence-electron chi connectivity index (χ3n) is 4.36. The molecule has 0 bridgehead atoms. The number of carbonyl (C=O) groups is 2. The smallest absolute Gasteiger partial charge is 0.312 e. The third-order valence-corrected chi connectivity index (χ3v) is 6.88. The first-order valence-electron chi connectivity index (χ1n) is 8.80. The molecule has 1 saturated heterocycles. The van der Waals surface area contributed by atoms with Crippen LogP contribution in [0.3, 0.4) is 0 Å². The Balaban J connectivity index is 1.56. The SMILES string of the molecule is CC(C)CN(C(=O)COC(=O)Cc1cn2ccsc2n1)[C@H]1CCS(=O)(=O)C1. The van der Waals surface area contributed by atoms with Gasteiger partial charge in [0, 0.05) is 30.4 Å². The molecule has 1 aliphatic heterocycles. The van der Waals surface area contributed by atoms with Crippen molar-refractivity contribution in [2.45, 2.75) is 32.7 Å². The highest BCUT2D eigenvalue weighted by molar-refractivity contribution is 7.91. The first kappa shape index (κ1) is 19.8. The van der Waals surface area contributed by atoms with E-state index in [0.29, 0.717) is 18.7 Å². The van der Waals surface area contributed by atoms with Gasteiger partial charge in [0.1, 0.15) is 0 Å². The number of imidazole rings is 1. The summed E-state index contributed by atoms with van der Waals surface area (Å²) in [6.07, 6.45) is 4.03. The van der Waals surface area contributed by atoms with E-state index in [1.54, 1.807) is 11.1 Å². The fraction of sp³-hybridized carbons (Fsp3) is 0.588. The molecule has 148 valence electrons. The summed E-state index contributed by atoms with van der Waals surface area (Å²) in [5.74, 6) is -0.629. The molecule has 0 radical (unpaired) electrons. The number of nitrogens with zero attached hydrogens (tertiary/aromatic N) is 3. The number of hydrogen-bond donors (Lipinski definition) is 0. The Bertz CT molecular complexity index is 903. The zero-order valence-electron chi connectivity index (χ0n) is 15.3. The molecule has 3 rings (SSSR count). The monoisotopic (exact) mass is 413 g/mol. The number of rotatable bonds is 7. The van der Waals surface area contributed by atoms with Gasteiger partial charge in [-0.25, -0.2) is 13.4 Å². The second-order valence-corrected chi connectivity index (χ2v) is 10.3. The fourth-order valence-corrected chi connectivity index (χ4v) is 5.60. The van der Waals surface area contributed by atoms with Crippen LogP contribution in [0.2, 0.25) is 0 Å². The largest absolute Gasteiger partial charge is 0.455 e. The number of hydrogen-bond acceptors (Lipinski definition) is 7. The van der Waals surface area contributed by atoms with Gasteiger partial charge in [0.2, 0.25) is 0 Å². The van der Waals surface area contributed by atoms with E-state index in [4.69, 9.17) is 4.74 Å². The summed E-state index contributed by atoms with van der Waals surface area (Å²) >= 11 is 1.47. The lowest BCUT2D eigenvalue weighted by Gasteiger charge is -2.29. The lowest BCUT2D eigenvalue weighted by molar-refractivity contribution is -0.152. The molecule has 0 aromatic carbocycles. The average molecular weight is 414 g/mol. The molecule has 1 amide bonds. The van der Waals surface area contributed by atoms with E-state index in [1.165, 1.54) is 11.3 Å². The van der Waals surface area contributed by atoms with Crippen molar-refractivity contribution < 1.29 is 22.7 Å². The van der Waals surface area contributed by atoms with Gasteiger partial charge in [-0.05, 0) is 12.3 Å². The van der Waals surface area contributed by atoms with Crippen LogP contribution in [-0.4, -0.2) is 65.3 Å². The number of amides is 1. The van der Waals surface area contributed by atoms with Crippen molar-refractivity contribution in [2.24, 2.45) is 5.92 Å². The van der Waals surface area contributed by atoms with E-state index in [-0.39, 0.29) is 42.4 Å². The molecule has 27 heavy (non-hydrogen) atoms. The van der Waals surface area contributed by atoms with Gasteiger partial charge in [0.25, 0.3) is 5.91 Å². The van der Waals surface area contributed by atoms with Crippen LogP contribution in [0.5, 0.6) is 0 Å². The summed E-state index contributed by atoms with van der Waals surface area (Å²) in [7, 11) is -3.10. The summed E-state index contributed by atoms with van der Waals surface area (Å²) in [4.78, 5) is 31.3. The molecule has 1 aliphatic rings. The maximum absolute atomic E-state index is 12.6. The number of ether oxygens (including phenoxy) is 1. The minimum atomic E-state index is -3.10. The van der Waals surface area contributed by atoms with E-state index in [2.05, 4.69) is 4.98 Å². The summed E-state index contributed by atoms with van der Waals surface area (Å²) in [6.45, 7) is 3.97. The normalized spacial score (nSPS) is 18.9. The van der Waals surface area contributed by atoms with Gasteiger partial charge in [-0.15, -0.1) is 11.3 Å². The Hall–Kier alpha value is -1.94. The van der Waals surface area contributed by atoms with Crippen molar-refractivity contribution in [3.8, 4) is 0 Å². The Morgan fingerprint density at radius 1 is 1.44 bits per heavy atom. The van der Waals surface area contributed by atoms with Gasteiger partial charge in [-0.1, -0.05) is 13.8 Å². The molecule has 1 fully saturated rings. The van der Waals surface area contributed by atoms with Crippen LogP contribution in [-0.2, 0) is 30.6 Å². The molecule has 0 N–H and O–H groups in total. The zero-order valence-corrected chi connectivity index (χ0v) is 17.0. The molecule has 0 aliphatic carbocycles. The predicted octanol–water partition coefficient (Wildman–Crippen LogP) is 1.15. The molecule has 10 heteroatoms. The first-order chi connectivity index (χ1) is 12.7. The molecule has 0 spiro atoms. The fourth-order valence-electron chi connectivity index (χ4n) is 3.15. The molecule has 2 aromatic rings. The zero-order chi connectivity index (χ0) is 19.6.